The molecule has 2 aromatic rings. The Morgan fingerprint density at radius 2 is 1.64 bits per heavy atom. The maximum atomic E-state index is 13.3. The first-order chi connectivity index (χ1) is 20.7. The molecule has 0 unspecified atom stereocenters. The number of hydrogen-bond acceptors (Lipinski definition) is 6. The molecule has 0 atom stereocenters. The van der Waals surface area contributed by atoms with Crippen LogP contribution in [0.4, 0.5) is 13.2 Å². The number of nitrogens with one attached hydrogen (secondary N) is 1. The molecule has 0 bridgehead atoms. The lowest BCUT2D eigenvalue weighted by molar-refractivity contribution is -0.138. The van der Waals surface area contributed by atoms with Crippen LogP contribution in [0.3, 0.4) is 0 Å². The molecule has 0 radical (unpaired) electrons. The third kappa shape index (κ3) is 6.98. The monoisotopic (exact) mass is 636 g/mol. The molecule has 1 amide bonds. The van der Waals surface area contributed by atoms with Crippen molar-refractivity contribution < 1.29 is 36.6 Å². The number of aromatic nitrogens is 1. The Morgan fingerprint density at radius 1 is 1.05 bits per heavy atom. The molecule has 3 heterocycles. The van der Waals surface area contributed by atoms with Gasteiger partial charge in [0.1, 0.15) is 11.4 Å². The van der Waals surface area contributed by atoms with E-state index in [4.69, 9.17) is 4.99 Å². The Hall–Kier alpha value is -3.32. The van der Waals surface area contributed by atoms with E-state index in [2.05, 4.69) is 5.32 Å². The van der Waals surface area contributed by atoms with Gasteiger partial charge in [-0.25, -0.2) is 8.42 Å². The predicted molar refractivity (Wildman–Crippen MR) is 161 cm³/mol. The van der Waals surface area contributed by atoms with E-state index in [-0.39, 0.29) is 68.4 Å². The van der Waals surface area contributed by atoms with Gasteiger partial charge in [0.15, 0.2) is 11.8 Å². The molecule has 44 heavy (non-hydrogen) atoms. The highest BCUT2D eigenvalue weighted by molar-refractivity contribution is 7.92. The Morgan fingerprint density at radius 3 is 2.20 bits per heavy atom. The minimum absolute atomic E-state index is 0.00249. The Kier molecular flexibility index (Phi) is 8.92. The highest BCUT2D eigenvalue weighted by Crippen LogP contribution is 2.38. The largest absolute Gasteiger partial charge is 0.494 e. The number of alkyl halides is 3. The van der Waals surface area contributed by atoms with Crippen molar-refractivity contribution in [3.05, 3.63) is 51.9 Å². The number of amidine groups is 1. The fraction of sp³-hybridized carbons (Fsp3) is 0.548. The quantitative estimate of drug-likeness (QED) is 0.359. The first-order valence-electron chi connectivity index (χ1n) is 15.0. The van der Waals surface area contributed by atoms with Gasteiger partial charge < -0.3 is 15.5 Å². The van der Waals surface area contributed by atoms with Gasteiger partial charge in [-0.2, -0.15) is 17.5 Å². The van der Waals surface area contributed by atoms with E-state index in [9.17, 15) is 36.6 Å². The van der Waals surface area contributed by atoms with Crippen LogP contribution in [0.5, 0.6) is 11.8 Å². The SMILES string of the molecule is Cc1cc(Cn2c(O)ccc2O)cc(C)c1C=CS(=O)(=O)N1CCC2(CC1)N=C(C1CCC(CCC(F)(F)F)CC1)NC2=O. The van der Waals surface area contributed by atoms with Gasteiger partial charge in [0.2, 0.25) is 10.0 Å². The van der Waals surface area contributed by atoms with Gasteiger partial charge in [-0.1, -0.05) is 12.1 Å². The van der Waals surface area contributed by atoms with Crippen LogP contribution in [0.2, 0.25) is 0 Å². The molecule has 3 aliphatic rings. The van der Waals surface area contributed by atoms with Crippen molar-refractivity contribution in [2.75, 3.05) is 13.1 Å². The minimum atomic E-state index is -4.14. The molecule has 240 valence electrons. The topological polar surface area (TPSA) is 124 Å². The van der Waals surface area contributed by atoms with Gasteiger partial charge in [0.05, 0.1) is 6.54 Å². The normalized spacial score (nSPS) is 22.9. The minimum Gasteiger partial charge on any atom is -0.494 e. The second-order valence-electron chi connectivity index (χ2n) is 12.4. The molecule has 13 heteroatoms. The van der Waals surface area contributed by atoms with E-state index >= 15 is 0 Å². The molecule has 1 aromatic carbocycles. The molecule has 1 aliphatic carbocycles. The Labute approximate surface area is 255 Å². The summed E-state index contributed by atoms with van der Waals surface area (Å²) in [5, 5.41) is 24.0. The van der Waals surface area contributed by atoms with Gasteiger partial charge in [0, 0.05) is 43.0 Å². The van der Waals surface area contributed by atoms with Crippen molar-refractivity contribution in [2.24, 2.45) is 16.8 Å². The van der Waals surface area contributed by atoms with E-state index < -0.39 is 28.2 Å². The number of sulfonamides is 1. The zero-order valence-electron chi connectivity index (χ0n) is 24.9. The summed E-state index contributed by atoms with van der Waals surface area (Å²) in [5.74, 6) is 0.282. The molecular formula is C31H39F3N4O5S. The number of aromatic hydroxyl groups is 2. The van der Waals surface area contributed by atoms with Crippen LogP contribution < -0.4 is 5.32 Å². The zero-order chi connectivity index (χ0) is 31.9. The number of amides is 1. The lowest BCUT2D eigenvalue weighted by Crippen LogP contribution is -2.50. The fourth-order valence-electron chi connectivity index (χ4n) is 6.73. The number of carbonyl (C=O) groups excluding carboxylic acids is 1. The summed E-state index contributed by atoms with van der Waals surface area (Å²) in [6.07, 6.45) is -0.00125. The second-order valence-corrected chi connectivity index (χ2v) is 14.2. The highest BCUT2D eigenvalue weighted by atomic mass is 32.2. The third-order valence-corrected chi connectivity index (χ3v) is 10.9. The second kappa shape index (κ2) is 12.2. The number of rotatable bonds is 8. The molecule has 9 nitrogen and oxygen atoms in total. The number of aryl methyl sites for hydroxylation is 2. The van der Waals surface area contributed by atoms with Crippen LogP contribution >= 0.6 is 0 Å². The van der Waals surface area contributed by atoms with Crippen LogP contribution in [0, 0.1) is 25.7 Å². The van der Waals surface area contributed by atoms with E-state index in [0.717, 1.165) is 22.3 Å². The Bertz CT molecular complexity index is 1520. The summed E-state index contributed by atoms with van der Waals surface area (Å²) < 4.78 is 67.0. The average molecular weight is 637 g/mol. The van der Waals surface area contributed by atoms with Gasteiger partial charge >= 0.3 is 6.18 Å². The third-order valence-electron chi connectivity index (χ3n) is 9.31. The number of piperidine rings is 1. The molecule has 1 aromatic heterocycles. The maximum Gasteiger partial charge on any atom is 0.389 e. The summed E-state index contributed by atoms with van der Waals surface area (Å²) in [6, 6.07) is 6.57. The molecule has 1 spiro atoms. The molecule has 1 saturated carbocycles. The fourth-order valence-corrected chi connectivity index (χ4v) is 7.90. The first-order valence-corrected chi connectivity index (χ1v) is 16.5. The van der Waals surface area contributed by atoms with Gasteiger partial charge in [-0.05, 0) is 93.0 Å². The van der Waals surface area contributed by atoms with Crippen molar-refractivity contribution in [2.45, 2.75) is 83.5 Å². The van der Waals surface area contributed by atoms with Crippen molar-refractivity contribution in [1.82, 2.24) is 14.2 Å². The average Bonchev–Trinajstić information content (AvgIpc) is 3.44. The summed E-state index contributed by atoms with van der Waals surface area (Å²) in [4.78, 5) is 17.8. The smallest absolute Gasteiger partial charge is 0.389 e. The van der Waals surface area contributed by atoms with Crippen molar-refractivity contribution in [3.63, 3.8) is 0 Å². The lowest BCUT2D eigenvalue weighted by Gasteiger charge is -2.34. The van der Waals surface area contributed by atoms with Crippen molar-refractivity contribution in [3.8, 4) is 11.8 Å². The van der Waals surface area contributed by atoms with E-state index in [1.165, 1.54) is 26.4 Å². The van der Waals surface area contributed by atoms with Crippen LogP contribution in [0.1, 0.15) is 73.6 Å². The van der Waals surface area contributed by atoms with Crippen LogP contribution in [0.15, 0.2) is 34.7 Å². The number of halogens is 3. The van der Waals surface area contributed by atoms with Gasteiger partial charge in [-0.3, -0.25) is 14.4 Å². The van der Waals surface area contributed by atoms with Gasteiger partial charge in [-0.15, -0.1) is 0 Å². The van der Waals surface area contributed by atoms with Crippen molar-refractivity contribution in [1.29, 1.82) is 0 Å². The van der Waals surface area contributed by atoms with E-state index in [0.29, 0.717) is 31.5 Å². The zero-order valence-corrected chi connectivity index (χ0v) is 25.7. The van der Waals surface area contributed by atoms with Crippen LogP contribution in [-0.4, -0.2) is 64.1 Å². The summed E-state index contributed by atoms with van der Waals surface area (Å²) in [6.45, 7) is 4.27. The summed E-state index contributed by atoms with van der Waals surface area (Å²) >= 11 is 0. The number of hydrogen-bond donors (Lipinski definition) is 3. The summed E-state index contributed by atoms with van der Waals surface area (Å²) in [5.41, 5.74) is 2.27. The first kappa shape index (κ1) is 32.1. The molecule has 5 rings (SSSR count). The molecule has 2 fully saturated rings. The van der Waals surface area contributed by atoms with Crippen LogP contribution in [0.25, 0.3) is 6.08 Å². The highest BCUT2D eigenvalue weighted by Gasteiger charge is 2.48. The van der Waals surface area contributed by atoms with Gasteiger partial charge in [0.25, 0.3) is 5.91 Å². The molecule has 2 aliphatic heterocycles. The maximum absolute atomic E-state index is 13.3. The summed E-state index contributed by atoms with van der Waals surface area (Å²) in [7, 11) is -3.78. The molecule has 3 N–H and O–H groups in total. The van der Waals surface area contributed by atoms with E-state index in [1.807, 2.05) is 26.0 Å². The predicted octanol–water partition coefficient (Wildman–Crippen LogP) is 5.38. The number of benzene rings is 1. The van der Waals surface area contributed by atoms with Crippen LogP contribution in [-0.2, 0) is 21.4 Å². The lowest BCUT2D eigenvalue weighted by atomic mass is 9.79. The van der Waals surface area contributed by atoms with E-state index in [1.54, 1.807) is 6.08 Å². The molecular weight excluding hydrogens is 597 g/mol. The standard InChI is InChI=1S/C31H39F3N4O5S/c1-20-17-23(19-38-26(39)7-8-27(38)40)18-21(2)25(20)10-16-44(42,43)37-14-12-30(13-15-37)29(41)35-28(36-30)24-5-3-22(4-6-24)9-11-31(32,33)34/h7-8,10,16-18,22,24,39-40H,3-6,9,11-15,19H2,1-2H3,(H,35,36,41). The number of carbonyl (C=O) groups is 1. The molecule has 1 saturated heterocycles. The Balaban J connectivity index is 1.19. The number of nitrogens with zero attached hydrogens (tertiary/aromatic N) is 3. The van der Waals surface area contributed by atoms with Crippen molar-refractivity contribution >= 4 is 27.8 Å². The number of aliphatic imine (C=N–C) groups is 1.